The Morgan fingerprint density at radius 2 is 2.05 bits per heavy atom. The van der Waals surface area contributed by atoms with Gasteiger partial charge in [0.1, 0.15) is 0 Å². The number of likely N-dealkylation sites (N-methyl/N-ethyl adjacent to an activating group) is 1. The number of halogens is 1. The van der Waals surface area contributed by atoms with Crippen molar-refractivity contribution in [2.45, 2.75) is 45.6 Å². The van der Waals surface area contributed by atoms with Gasteiger partial charge in [-0.3, -0.25) is 9.89 Å². The van der Waals surface area contributed by atoms with Crippen LogP contribution in [-0.2, 0) is 0 Å². The number of nitrogens with one attached hydrogen (secondary N) is 1. The van der Waals surface area contributed by atoms with Gasteiger partial charge in [0.25, 0.3) is 0 Å². The van der Waals surface area contributed by atoms with Crippen molar-refractivity contribution in [3.8, 4) is 0 Å². The zero-order valence-corrected chi connectivity index (χ0v) is 16.6. The maximum absolute atomic E-state index is 5.98. The monoisotopic (exact) mass is 423 g/mol. The maximum Gasteiger partial charge on any atom is 0.188 e. The first kappa shape index (κ1) is 20.0. The van der Waals surface area contributed by atoms with Gasteiger partial charge in [0.05, 0.1) is 6.54 Å². The summed E-state index contributed by atoms with van der Waals surface area (Å²) in [4.78, 5) is 9.56. The Kier molecular flexibility index (Phi) is 9.66. The second kappa shape index (κ2) is 10.6. The van der Waals surface area contributed by atoms with Crippen LogP contribution in [0.5, 0.6) is 0 Å². The standard InChI is InChI=1S/C16H33N5.HI/c1-3-21-10-5-7-15(21)12-19-16(17)18-8-11-20-9-4-6-14(2)13-20;/h14-15H,3-13H2,1-2H3,(H3,17,18,19);1H. The zero-order valence-electron chi connectivity index (χ0n) is 14.3. The Hall–Kier alpha value is -0.0800. The van der Waals surface area contributed by atoms with Crippen LogP contribution in [0.4, 0.5) is 0 Å². The first-order valence-electron chi connectivity index (χ1n) is 8.69. The summed E-state index contributed by atoms with van der Waals surface area (Å²) in [5.41, 5.74) is 5.98. The van der Waals surface area contributed by atoms with Crippen molar-refractivity contribution in [2.75, 3.05) is 45.8 Å². The van der Waals surface area contributed by atoms with Crippen LogP contribution in [0.2, 0.25) is 0 Å². The van der Waals surface area contributed by atoms with Crippen molar-refractivity contribution in [1.82, 2.24) is 15.1 Å². The topological polar surface area (TPSA) is 56.9 Å². The molecule has 0 amide bonds. The molecule has 2 saturated heterocycles. The van der Waals surface area contributed by atoms with Gasteiger partial charge in [-0.1, -0.05) is 13.8 Å². The molecule has 2 atom stereocenters. The highest BCUT2D eigenvalue weighted by Gasteiger charge is 2.22. The number of rotatable bonds is 6. The summed E-state index contributed by atoms with van der Waals surface area (Å²) in [6.07, 6.45) is 5.27. The summed E-state index contributed by atoms with van der Waals surface area (Å²) in [5, 5.41) is 3.27. The number of guanidine groups is 1. The molecule has 130 valence electrons. The van der Waals surface area contributed by atoms with Gasteiger partial charge < -0.3 is 16.0 Å². The molecule has 0 spiro atoms. The van der Waals surface area contributed by atoms with Gasteiger partial charge in [0.15, 0.2) is 5.96 Å². The average Bonchev–Trinajstić information content (AvgIpc) is 2.92. The van der Waals surface area contributed by atoms with Gasteiger partial charge in [0, 0.05) is 25.7 Å². The summed E-state index contributed by atoms with van der Waals surface area (Å²) in [7, 11) is 0. The normalized spacial score (nSPS) is 27.6. The predicted octanol–water partition coefficient (Wildman–Crippen LogP) is 1.72. The molecular formula is C16H34IN5. The minimum absolute atomic E-state index is 0. The number of nitrogens with zero attached hydrogens (tertiary/aromatic N) is 3. The molecule has 0 aromatic heterocycles. The predicted molar refractivity (Wildman–Crippen MR) is 105 cm³/mol. The molecule has 0 saturated carbocycles. The van der Waals surface area contributed by atoms with E-state index in [1.54, 1.807) is 0 Å². The van der Waals surface area contributed by atoms with E-state index in [0.717, 1.165) is 32.1 Å². The van der Waals surface area contributed by atoms with Crippen LogP contribution >= 0.6 is 24.0 Å². The third kappa shape index (κ3) is 6.58. The molecule has 6 heteroatoms. The van der Waals surface area contributed by atoms with E-state index < -0.39 is 0 Å². The van der Waals surface area contributed by atoms with E-state index >= 15 is 0 Å². The number of nitrogens with two attached hydrogens (primary N) is 1. The molecule has 2 heterocycles. The largest absolute Gasteiger partial charge is 0.370 e. The van der Waals surface area contributed by atoms with E-state index in [9.17, 15) is 0 Å². The second-order valence-electron chi connectivity index (χ2n) is 6.63. The third-order valence-corrected chi connectivity index (χ3v) is 4.85. The minimum Gasteiger partial charge on any atom is -0.370 e. The van der Waals surface area contributed by atoms with E-state index in [0.29, 0.717) is 12.0 Å². The number of hydrogen-bond donors (Lipinski definition) is 2. The van der Waals surface area contributed by atoms with E-state index in [-0.39, 0.29) is 24.0 Å². The van der Waals surface area contributed by atoms with Crippen LogP contribution in [0.15, 0.2) is 4.99 Å². The Balaban J connectivity index is 0.00000242. The lowest BCUT2D eigenvalue weighted by Gasteiger charge is -2.30. The van der Waals surface area contributed by atoms with Crippen LogP contribution in [-0.4, -0.2) is 67.6 Å². The summed E-state index contributed by atoms with van der Waals surface area (Å²) >= 11 is 0. The third-order valence-electron chi connectivity index (χ3n) is 4.85. The summed E-state index contributed by atoms with van der Waals surface area (Å²) in [5.74, 6) is 1.45. The fourth-order valence-electron chi connectivity index (χ4n) is 3.61. The van der Waals surface area contributed by atoms with Crippen LogP contribution < -0.4 is 11.1 Å². The first-order valence-corrected chi connectivity index (χ1v) is 8.69. The van der Waals surface area contributed by atoms with Gasteiger partial charge in [-0.2, -0.15) is 0 Å². The Morgan fingerprint density at radius 1 is 1.27 bits per heavy atom. The summed E-state index contributed by atoms with van der Waals surface area (Å²) in [6, 6.07) is 0.596. The van der Waals surface area contributed by atoms with Crippen LogP contribution in [0, 0.1) is 5.92 Å². The van der Waals surface area contributed by atoms with Crippen LogP contribution in [0.3, 0.4) is 0 Å². The molecule has 0 aliphatic carbocycles. The molecule has 2 unspecified atom stereocenters. The van der Waals surface area contributed by atoms with Gasteiger partial charge >= 0.3 is 0 Å². The lowest BCUT2D eigenvalue weighted by molar-refractivity contribution is 0.187. The van der Waals surface area contributed by atoms with Gasteiger partial charge in [-0.05, 0) is 51.2 Å². The molecule has 5 nitrogen and oxygen atoms in total. The Morgan fingerprint density at radius 3 is 2.77 bits per heavy atom. The van der Waals surface area contributed by atoms with Crippen LogP contribution in [0.25, 0.3) is 0 Å². The van der Waals surface area contributed by atoms with Gasteiger partial charge in [0.2, 0.25) is 0 Å². The zero-order chi connectivity index (χ0) is 15.1. The highest BCUT2D eigenvalue weighted by atomic mass is 127. The Bertz CT molecular complexity index is 336. The molecule has 0 bridgehead atoms. The molecule has 3 N–H and O–H groups in total. The van der Waals surface area contributed by atoms with Crippen molar-refractivity contribution < 1.29 is 0 Å². The molecule has 2 aliphatic rings. The fourth-order valence-corrected chi connectivity index (χ4v) is 3.61. The van der Waals surface area contributed by atoms with E-state index in [1.807, 2.05) is 0 Å². The van der Waals surface area contributed by atoms with E-state index in [1.165, 1.54) is 45.3 Å². The molecule has 2 fully saturated rings. The molecule has 22 heavy (non-hydrogen) atoms. The highest BCUT2D eigenvalue weighted by Crippen LogP contribution is 2.16. The molecule has 2 aliphatic heterocycles. The van der Waals surface area contributed by atoms with Crippen molar-refractivity contribution in [3.05, 3.63) is 0 Å². The molecule has 0 aromatic rings. The molecule has 0 aromatic carbocycles. The summed E-state index contributed by atoms with van der Waals surface area (Å²) < 4.78 is 0. The molecular weight excluding hydrogens is 389 g/mol. The fraction of sp³-hybridized carbons (Fsp3) is 0.938. The number of likely N-dealkylation sites (tertiary alicyclic amines) is 2. The number of aliphatic imine (C=N–C) groups is 1. The number of hydrogen-bond acceptors (Lipinski definition) is 3. The number of piperidine rings is 1. The van der Waals surface area contributed by atoms with E-state index in [2.05, 4.69) is 34.0 Å². The van der Waals surface area contributed by atoms with Crippen molar-refractivity contribution >= 4 is 29.9 Å². The molecule has 0 radical (unpaired) electrons. The lowest BCUT2D eigenvalue weighted by Crippen LogP contribution is -2.42. The highest BCUT2D eigenvalue weighted by molar-refractivity contribution is 14.0. The van der Waals surface area contributed by atoms with Gasteiger partial charge in [-0.25, -0.2) is 0 Å². The first-order chi connectivity index (χ1) is 10.2. The lowest BCUT2D eigenvalue weighted by atomic mass is 10.0. The van der Waals surface area contributed by atoms with Crippen molar-refractivity contribution in [1.29, 1.82) is 0 Å². The quantitative estimate of drug-likeness (QED) is 0.388. The maximum atomic E-state index is 5.98. The Labute approximate surface area is 153 Å². The minimum atomic E-state index is 0. The molecule has 2 rings (SSSR count). The van der Waals surface area contributed by atoms with Crippen LogP contribution in [0.1, 0.15) is 39.5 Å². The van der Waals surface area contributed by atoms with Crippen molar-refractivity contribution in [3.63, 3.8) is 0 Å². The van der Waals surface area contributed by atoms with E-state index in [4.69, 9.17) is 5.73 Å². The summed E-state index contributed by atoms with van der Waals surface area (Å²) in [6.45, 7) is 12.2. The van der Waals surface area contributed by atoms with Gasteiger partial charge in [-0.15, -0.1) is 24.0 Å². The smallest absolute Gasteiger partial charge is 0.188 e. The SMILES string of the molecule is CCN1CCCC1CN=C(N)NCCN1CCCC(C)C1.I. The second-order valence-corrected chi connectivity index (χ2v) is 6.63. The van der Waals surface area contributed by atoms with Crippen molar-refractivity contribution in [2.24, 2.45) is 16.6 Å². The average molecular weight is 423 g/mol.